The number of hydrogen-bond donors (Lipinski definition) is 0. The molecule has 3 aromatic rings. The van der Waals surface area contributed by atoms with Gasteiger partial charge in [0.25, 0.3) is 0 Å². The first-order chi connectivity index (χ1) is 12.6. The van der Waals surface area contributed by atoms with Crippen molar-refractivity contribution in [2.24, 2.45) is 5.92 Å². The van der Waals surface area contributed by atoms with Crippen LogP contribution in [0.4, 0.5) is 0 Å². The number of unbranched alkanes of at least 4 members (excludes halogenated alkanes) is 1. The lowest BCUT2D eigenvalue weighted by Crippen LogP contribution is -2.04. The zero-order valence-corrected chi connectivity index (χ0v) is 16.2. The second-order valence-electron chi connectivity index (χ2n) is 7.43. The van der Waals surface area contributed by atoms with E-state index in [1.165, 1.54) is 12.8 Å². The van der Waals surface area contributed by atoms with Crippen molar-refractivity contribution in [1.82, 2.24) is 10.1 Å². The number of aromatic nitrogens is 2. The Bertz CT molecular complexity index is 854. The van der Waals surface area contributed by atoms with Crippen LogP contribution in [0.3, 0.4) is 0 Å². The first kappa shape index (κ1) is 18.4. The van der Waals surface area contributed by atoms with Crippen molar-refractivity contribution in [3.8, 4) is 17.1 Å². The first-order valence-electron chi connectivity index (χ1n) is 9.57. The van der Waals surface area contributed by atoms with Gasteiger partial charge in [-0.15, -0.1) is 0 Å². The smallest absolute Gasteiger partial charge is 0.229 e. The van der Waals surface area contributed by atoms with Crippen LogP contribution in [0.25, 0.3) is 22.2 Å². The summed E-state index contributed by atoms with van der Waals surface area (Å²) in [4.78, 5) is 4.60. The monoisotopic (exact) mass is 352 g/mol. The third kappa shape index (κ3) is 4.43. The Hall–Kier alpha value is -2.36. The molecule has 0 N–H and O–H groups in total. The van der Waals surface area contributed by atoms with E-state index in [0.717, 1.165) is 41.0 Å². The fourth-order valence-corrected chi connectivity index (χ4v) is 2.90. The highest BCUT2D eigenvalue weighted by atomic mass is 16.5. The summed E-state index contributed by atoms with van der Waals surface area (Å²) in [5.74, 6) is 3.11. The fraction of sp³-hybridized carbons (Fsp3) is 0.455. The average Bonchev–Trinajstić information content (AvgIpc) is 3.14. The maximum atomic E-state index is 5.81. The molecule has 26 heavy (non-hydrogen) atoms. The van der Waals surface area contributed by atoms with Gasteiger partial charge in [-0.25, -0.2) is 0 Å². The summed E-state index contributed by atoms with van der Waals surface area (Å²) in [5, 5.41) is 6.47. The molecule has 0 saturated heterocycles. The van der Waals surface area contributed by atoms with Crippen LogP contribution < -0.4 is 4.74 Å². The van der Waals surface area contributed by atoms with Crippen LogP contribution in [-0.4, -0.2) is 16.7 Å². The molecule has 0 aliphatic rings. The van der Waals surface area contributed by atoms with Gasteiger partial charge >= 0.3 is 0 Å². The summed E-state index contributed by atoms with van der Waals surface area (Å²) in [6, 6.07) is 12.4. The van der Waals surface area contributed by atoms with E-state index in [9.17, 15) is 0 Å². The van der Waals surface area contributed by atoms with E-state index in [1.807, 2.05) is 12.1 Å². The molecule has 0 amide bonds. The maximum absolute atomic E-state index is 5.81. The van der Waals surface area contributed by atoms with Gasteiger partial charge < -0.3 is 9.26 Å². The number of ether oxygens (including phenoxy) is 1. The third-order valence-corrected chi connectivity index (χ3v) is 4.51. The van der Waals surface area contributed by atoms with Crippen molar-refractivity contribution in [1.29, 1.82) is 0 Å². The molecule has 0 aliphatic carbocycles. The minimum Gasteiger partial charge on any atom is -0.493 e. The van der Waals surface area contributed by atoms with Crippen LogP contribution in [0.1, 0.15) is 58.8 Å². The third-order valence-electron chi connectivity index (χ3n) is 4.51. The molecule has 0 radical (unpaired) electrons. The molecular formula is C22H28N2O2. The van der Waals surface area contributed by atoms with E-state index in [4.69, 9.17) is 9.26 Å². The van der Waals surface area contributed by atoms with E-state index in [2.05, 4.69) is 62.1 Å². The zero-order valence-electron chi connectivity index (χ0n) is 16.2. The summed E-state index contributed by atoms with van der Waals surface area (Å²) < 4.78 is 11.3. The van der Waals surface area contributed by atoms with Gasteiger partial charge in [-0.1, -0.05) is 63.9 Å². The lowest BCUT2D eigenvalue weighted by Gasteiger charge is -2.09. The normalized spacial score (nSPS) is 12.7. The first-order valence-corrected chi connectivity index (χ1v) is 9.57. The second kappa shape index (κ2) is 8.35. The van der Waals surface area contributed by atoms with Crippen LogP contribution in [-0.2, 0) is 0 Å². The van der Waals surface area contributed by atoms with Gasteiger partial charge in [0.15, 0.2) is 0 Å². The summed E-state index contributed by atoms with van der Waals surface area (Å²) in [6.07, 6.45) is 3.43. The maximum Gasteiger partial charge on any atom is 0.229 e. The van der Waals surface area contributed by atoms with Crippen molar-refractivity contribution in [2.45, 2.75) is 52.9 Å². The van der Waals surface area contributed by atoms with E-state index < -0.39 is 0 Å². The summed E-state index contributed by atoms with van der Waals surface area (Å²) >= 11 is 0. The van der Waals surface area contributed by atoms with Crippen LogP contribution >= 0.6 is 0 Å². The van der Waals surface area contributed by atoms with Gasteiger partial charge in [0, 0.05) is 11.5 Å². The Labute approximate surface area is 155 Å². The van der Waals surface area contributed by atoms with Gasteiger partial charge in [-0.2, -0.15) is 4.98 Å². The highest BCUT2D eigenvalue weighted by molar-refractivity contribution is 5.87. The number of rotatable bonds is 8. The van der Waals surface area contributed by atoms with Crippen LogP contribution in [0.15, 0.2) is 40.9 Å². The van der Waals surface area contributed by atoms with Gasteiger partial charge in [0.2, 0.25) is 11.7 Å². The molecule has 1 atom stereocenters. The summed E-state index contributed by atoms with van der Waals surface area (Å²) in [6.45, 7) is 9.36. The largest absolute Gasteiger partial charge is 0.493 e. The zero-order chi connectivity index (χ0) is 18.5. The molecule has 1 aromatic heterocycles. The van der Waals surface area contributed by atoms with Gasteiger partial charge in [-0.3, -0.25) is 0 Å². The Kier molecular flexibility index (Phi) is 5.92. The fourth-order valence-electron chi connectivity index (χ4n) is 2.90. The van der Waals surface area contributed by atoms with Crippen LogP contribution in [0.2, 0.25) is 0 Å². The molecule has 138 valence electrons. The Morgan fingerprint density at radius 3 is 2.58 bits per heavy atom. The lowest BCUT2D eigenvalue weighted by atomic mass is 10.0. The minimum atomic E-state index is 0.303. The molecule has 0 bridgehead atoms. The molecule has 4 heteroatoms. The number of hydrogen-bond acceptors (Lipinski definition) is 4. The highest BCUT2D eigenvalue weighted by Gasteiger charge is 2.15. The molecule has 3 rings (SSSR count). The Morgan fingerprint density at radius 2 is 1.81 bits per heavy atom. The van der Waals surface area contributed by atoms with Crippen molar-refractivity contribution in [2.75, 3.05) is 6.61 Å². The predicted molar refractivity (Wildman–Crippen MR) is 106 cm³/mol. The molecule has 0 saturated carbocycles. The molecule has 0 fully saturated rings. The van der Waals surface area contributed by atoms with Gasteiger partial charge in [0.1, 0.15) is 5.75 Å². The van der Waals surface area contributed by atoms with Crippen molar-refractivity contribution < 1.29 is 9.26 Å². The quantitative estimate of drug-likeness (QED) is 0.483. The number of nitrogens with zero attached hydrogens (tertiary/aromatic N) is 2. The van der Waals surface area contributed by atoms with E-state index in [0.29, 0.717) is 17.7 Å². The SMILES string of the molecule is CCCC[C@H](C)c1nc(-c2ccc3cc(OCC(C)C)ccc3c2)no1. The van der Waals surface area contributed by atoms with Crippen LogP contribution in [0.5, 0.6) is 5.75 Å². The number of benzene rings is 2. The van der Waals surface area contributed by atoms with E-state index >= 15 is 0 Å². The molecule has 1 heterocycles. The molecular weight excluding hydrogens is 324 g/mol. The highest BCUT2D eigenvalue weighted by Crippen LogP contribution is 2.27. The molecule has 4 nitrogen and oxygen atoms in total. The van der Waals surface area contributed by atoms with Crippen molar-refractivity contribution in [3.63, 3.8) is 0 Å². The molecule has 0 aliphatic heterocycles. The average molecular weight is 352 g/mol. The second-order valence-corrected chi connectivity index (χ2v) is 7.43. The van der Waals surface area contributed by atoms with Gasteiger partial charge in [0.05, 0.1) is 6.61 Å². The topological polar surface area (TPSA) is 48.2 Å². The van der Waals surface area contributed by atoms with Crippen molar-refractivity contribution >= 4 is 10.8 Å². The Balaban J connectivity index is 1.79. The van der Waals surface area contributed by atoms with E-state index in [1.54, 1.807) is 0 Å². The van der Waals surface area contributed by atoms with E-state index in [-0.39, 0.29) is 0 Å². The predicted octanol–water partition coefficient (Wildman–Crippen LogP) is 6.22. The minimum absolute atomic E-state index is 0.303. The Morgan fingerprint density at radius 1 is 1.04 bits per heavy atom. The standard InChI is InChI=1S/C22H28N2O2/c1-5-6-7-16(4)22-23-21(24-26-22)19-9-8-18-13-20(25-14-15(2)3)11-10-17(18)12-19/h8-13,15-16H,5-7,14H2,1-4H3/t16-/m0/s1. The molecule has 2 aromatic carbocycles. The molecule has 0 unspecified atom stereocenters. The van der Waals surface area contributed by atoms with Crippen LogP contribution in [0, 0.1) is 5.92 Å². The summed E-state index contributed by atoms with van der Waals surface area (Å²) in [5.41, 5.74) is 0.978. The molecule has 0 spiro atoms. The van der Waals surface area contributed by atoms with Crippen molar-refractivity contribution in [3.05, 3.63) is 42.3 Å². The summed E-state index contributed by atoms with van der Waals surface area (Å²) in [7, 11) is 0. The number of fused-ring (bicyclic) bond motifs is 1. The van der Waals surface area contributed by atoms with Gasteiger partial charge in [-0.05, 0) is 41.3 Å². The lowest BCUT2D eigenvalue weighted by molar-refractivity contribution is 0.271.